The number of anilines is 1. The smallest absolute Gasteiger partial charge is 0.332 e. The van der Waals surface area contributed by atoms with Crippen molar-refractivity contribution in [1.82, 2.24) is 0 Å². The normalized spacial score (nSPS) is 9.84. The van der Waals surface area contributed by atoms with E-state index in [9.17, 15) is 9.59 Å². The summed E-state index contributed by atoms with van der Waals surface area (Å²) in [5, 5.41) is 2.62. The number of amides is 1. The Morgan fingerprint density at radius 2 is 1.95 bits per heavy atom. The van der Waals surface area contributed by atoms with Crippen LogP contribution in [0.5, 0.6) is 5.75 Å². The Morgan fingerprint density at radius 1 is 1.21 bits per heavy atom. The lowest BCUT2D eigenvalue weighted by Crippen LogP contribution is -2.22. The molecule has 0 unspecified atom stereocenters. The molecule has 1 aromatic rings. The van der Waals surface area contributed by atoms with Crippen LogP contribution in [-0.4, -0.2) is 39.3 Å². The van der Waals surface area contributed by atoms with Gasteiger partial charge in [0.1, 0.15) is 12.4 Å². The summed E-state index contributed by atoms with van der Waals surface area (Å²) in [5.41, 5.74) is 1.52. The number of methoxy groups -OCH3 is 2. The van der Waals surface area contributed by atoms with Crippen LogP contribution in [0.2, 0.25) is 0 Å². The number of hydrogen-bond acceptors (Lipinski definition) is 5. The number of carbonyl (C=O) groups is 2. The van der Waals surface area contributed by atoms with Crippen molar-refractivity contribution in [1.29, 1.82) is 0 Å². The molecule has 104 valence electrons. The predicted octanol–water partition coefficient (Wildman–Crippen LogP) is 1.13. The van der Waals surface area contributed by atoms with Crippen LogP contribution in [0.15, 0.2) is 18.2 Å². The summed E-state index contributed by atoms with van der Waals surface area (Å²) in [6.45, 7) is 1.36. The summed E-state index contributed by atoms with van der Waals surface area (Å²) >= 11 is 0. The van der Waals surface area contributed by atoms with Crippen molar-refractivity contribution in [2.24, 2.45) is 0 Å². The second kappa shape index (κ2) is 7.38. The number of carbonyl (C=O) groups excluding carboxylic acids is 2. The predicted molar refractivity (Wildman–Crippen MR) is 69.2 cm³/mol. The SMILES string of the molecule is COCC(=O)OCC(=O)Nc1cc(C)ccc1OC. The highest BCUT2D eigenvalue weighted by Gasteiger charge is 2.10. The van der Waals surface area contributed by atoms with Crippen LogP contribution in [-0.2, 0) is 19.1 Å². The average Bonchev–Trinajstić information content (AvgIpc) is 2.37. The molecule has 1 amide bonds. The largest absolute Gasteiger partial charge is 0.495 e. The van der Waals surface area contributed by atoms with E-state index in [1.165, 1.54) is 14.2 Å². The van der Waals surface area contributed by atoms with E-state index in [0.717, 1.165) is 5.56 Å². The number of benzene rings is 1. The molecule has 19 heavy (non-hydrogen) atoms. The third-order valence-electron chi connectivity index (χ3n) is 2.26. The Hall–Kier alpha value is -2.08. The van der Waals surface area contributed by atoms with Gasteiger partial charge in [-0.05, 0) is 24.6 Å². The van der Waals surface area contributed by atoms with Gasteiger partial charge in [-0.25, -0.2) is 4.79 Å². The molecular formula is C13H17NO5. The van der Waals surface area contributed by atoms with Crippen LogP contribution in [0.1, 0.15) is 5.56 Å². The molecule has 0 bridgehead atoms. The van der Waals surface area contributed by atoms with Crippen LogP contribution < -0.4 is 10.1 Å². The van der Waals surface area contributed by atoms with E-state index in [4.69, 9.17) is 9.47 Å². The van der Waals surface area contributed by atoms with Gasteiger partial charge in [0.2, 0.25) is 0 Å². The monoisotopic (exact) mass is 267 g/mol. The Morgan fingerprint density at radius 3 is 2.58 bits per heavy atom. The molecule has 0 radical (unpaired) electrons. The summed E-state index contributed by atoms with van der Waals surface area (Å²) in [6.07, 6.45) is 0. The van der Waals surface area contributed by atoms with Crippen LogP contribution in [0.3, 0.4) is 0 Å². The van der Waals surface area contributed by atoms with Gasteiger partial charge in [-0.2, -0.15) is 0 Å². The maximum atomic E-state index is 11.6. The maximum absolute atomic E-state index is 11.6. The molecule has 0 aliphatic carbocycles. The molecule has 1 rings (SSSR count). The first kappa shape index (κ1) is 15.0. The highest BCUT2D eigenvalue weighted by Crippen LogP contribution is 2.24. The van der Waals surface area contributed by atoms with Crippen molar-refractivity contribution in [2.75, 3.05) is 32.8 Å². The van der Waals surface area contributed by atoms with Gasteiger partial charge in [0, 0.05) is 7.11 Å². The summed E-state index contributed by atoms with van der Waals surface area (Å²) < 4.78 is 14.4. The molecule has 0 saturated carbocycles. The minimum absolute atomic E-state index is 0.180. The van der Waals surface area contributed by atoms with Gasteiger partial charge in [-0.3, -0.25) is 4.79 Å². The minimum atomic E-state index is -0.589. The molecule has 0 aliphatic rings. The zero-order chi connectivity index (χ0) is 14.3. The molecule has 1 aromatic carbocycles. The number of rotatable bonds is 6. The van der Waals surface area contributed by atoms with E-state index in [1.807, 2.05) is 13.0 Å². The molecule has 6 nitrogen and oxygen atoms in total. The summed E-state index contributed by atoms with van der Waals surface area (Å²) in [5.74, 6) is -0.482. The average molecular weight is 267 g/mol. The Bertz CT molecular complexity index is 458. The third kappa shape index (κ3) is 4.97. The second-order valence-electron chi connectivity index (χ2n) is 3.85. The van der Waals surface area contributed by atoms with Gasteiger partial charge >= 0.3 is 5.97 Å². The van der Waals surface area contributed by atoms with Crippen molar-refractivity contribution in [3.63, 3.8) is 0 Å². The molecule has 0 heterocycles. The molecular weight excluding hydrogens is 250 g/mol. The van der Waals surface area contributed by atoms with Crippen molar-refractivity contribution < 1.29 is 23.8 Å². The van der Waals surface area contributed by atoms with E-state index in [2.05, 4.69) is 10.1 Å². The minimum Gasteiger partial charge on any atom is -0.495 e. The van der Waals surface area contributed by atoms with E-state index < -0.39 is 11.9 Å². The molecule has 6 heteroatoms. The zero-order valence-electron chi connectivity index (χ0n) is 11.2. The van der Waals surface area contributed by atoms with Gasteiger partial charge in [0.25, 0.3) is 5.91 Å². The first-order chi connectivity index (χ1) is 9.06. The van der Waals surface area contributed by atoms with Crippen molar-refractivity contribution in [2.45, 2.75) is 6.92 Å². The number of ether oxygens (including phenoxy) is 3. The maximum Gasteiger partial charge on any atom is 0.332 e. The summed E-state index contributed by atoms with van der Waals surface area (Å²) in [7, 11) is 2.89. The lowest BCUT2D eigenvalue weighted by Gasteiger charge is -2.11. The van der Waals surface area contributed by atoms with Gasteiger partial charge in [0.05, 0.1) is 12.8 Å². The van der Waals surface area contributed by atoms with Crippen LogP contribution >= 0.6 is 0 Å². The fraction of sp³-hybridized carbons (Fsp3) is 0.385. The van der Waals surface area contributed by atoms with E-state index in [0.29, 0.717) is 11.4 Å². The fourth-order valence-corrected chi connectivity index (χ4v) is 1.41. The van der Waals surface area contributed by atoms with Crippen LogP contribution in [0.4, 0.5) is 5.69 Å². The fourth-order valence-electron chi connectivity index (χ4n) is 1.41. The molecule has 0 atom stereocenters. The number of hydrogen-bond donors (Lipinski definition) is 1. The topological polar surface area (TPSA) is 73.9 Å². The van der Waals surface area contributed by atoms with Gasteiger partial charge in [-0.1, -0.05) is 6.07 Å². The van der Waals surface area contributed by atoms with Crippen LogP contribution in [0.25, 0.3) is 0 Å². The summed E-state index contributed by atoms with van der Waals surface area (Å²) in [6, 6.07) is 5.39. The Kier molecular flexibility index (Phi) is 5.81. The highest BCUT2D eigenvalue weighted by atomic mass is 16.6. The number of aryl methyl sites for hydroxylation is 1. The Labute approximate surface area is 111 Å². The van der Waals surface area contributed by atoms with Gasteiger partial charge in [-0.15, -0.1) is 0 Å². The van der Waals surface area contributed by atoms with E-state index >= 15 is 0 Å². The third-order valence-corrected chi connectivity index (χ3v) is 2.26. The molecule has 0 aliphatic heterocycles. The Balaban J connectivity index is 2.57. The molecule has 0 saturated heterocycles. The van der Waals surface area contributed by atoms with Crippen molar-refractivity contribution >= 4 is 17.6 Å². The van der Waals surface area contributed by atoms with Gasteiger partial charge in [0.15, 0.2) is 6.61 Å². The van der Waals surface area contributed by atoms with Crippen molar-refractivity contribution in [3.8, 4) is 5.75 Å². The van der Waals surface area contributed by atoms with Crippen LogP contribution in [0, 0.1) is 6.92 Å². The first-order valence-electron chi connectivity index (χ1n) is 5.66. The van der Waals surface area contributed by atoms with Crippen molar-refractivity contribution in [3.05, 3.63) is 23.8 Å². The van der Waals surface area contributed by atoms with E-state index in [-0.39, 0.29) is 13.2 Å². The quantitative estimate of drug-likeness (QED) is 0.782. The molecule has 0 spiro atoms. The lowest BCUT2D eigenvalue weighted by molar-refractivity contribution is -0.150. The van der Waals surface area contributed by atoms with E-state index in [1.54, 1.807) is 12.1 Å². The lowest BCUT2D eigenvalue weighted by atomic mass is 10.2. The zero-order valence-corrected chi connectivity index (χ0v) is 11.2. The molecule has 1 N–H and O–H groups in total. The number of nitrogens with one attached hydrogen (secondary N) is 1. The highest BCUT2D eigenvalue weighted by molar-refractivity contribution is 5.94. The number of esters is 1. The molecule has 0 aromatic heterocycles. The first-order valence-corrected chi connectivity index (χ1v) is 5.66. The molecule has 0 fully saturated rings. The second-order valence-corrected chi connectivity index (χ2v) is 3.85. The van der Waals surface area contributed by atoms with Gasteiger partial charge < -0.3 is 19.5 Å². The summed E-state index contributed by atoms with van der Waals surface area (Å²) in [4.78, 5) is 22.6. The standard InChI is InChI=1S/C13H17NO5/c1-9-4-5-11(18-3)10(6-9)14-12(15)7-19-13(16)8-17-2/h4-6H,7-8H2,1-3H3,(H,14,15).